The summed E-state index contributed by atoms with van der Waals surface area (Å²) < 4.78 is 20.9. The Morgan fingerprint density at radius 1 is 1.21 bits per heavy atom. The Bertz CT molecular complexity index is 1230. The van der Waals surface area contributed by atoms with Gasteiger partial charge in [-0.2, -0.15) is 5.26 Å². The zero-order valence-corrected chi connectivity index (χ0v) is 15.5. The van der Waals surface area contributed by atoms with Gasteiger partial charge in [0, 0.05) is 44.6 Å². The van der Waals surface area contributed by atoms with Gasteiger partial charge in [0.05, 0.1) is 5.69 Å². The van der Waals surface area contributed by atoms with Crippen molar-refractivity contribution in [3.8, 4) is 6.07 Å². The van der Waals surface area contributed by atoms with Crippen LogP contribution in [0.3, 0.4) is 0 Å². The van der Waals surface area contributed by atoms with E-state index in [-0.39, 0.29) is 17.3 Å². The molecule has 1 aliphatic rings. The van der Waals surface area contributed by atoms with Gasteiger partial charge in [0.25, 0.3) is 5.56 Å². The first-order chi connectivity index (χ1) is 13.4. The molecular formula is C19H18FN5O3. The molecule has 9 heteroatoms. The highest BCUT2D eigenvalue weighted by molar-refractivity contribution is 5.80. The van der Waals surface area contributed by atoms with Crippen LogP contribution in [-0.2, 0) is 14.1 Å². The van der Waals surface area contributed by atoms with Crippen molar-refractivity contribution < 1.29 is 8.91 Å². The number of nitriles is 1. The number of benzene rings is 1. The predicted molar refractivity (Wildman–Crippen MR) is 99.8 cm³/mol. The quantitative estimate of drug-likeness (QED) is 0.667. The van der Waals surface area contributed by atoms with Crippen LogP contribution < -0.4 is 16.1 Å². The van der Waals surface area contributed by atoms with Crippen molar-refractivity contribution in [3.63, 3.8) is 0 Å². The van der Waals surface area contributed by atoms with E-state index in [4.69, 9.17) is 4.52 Å². The molecule has 0 saturated carbocycles. The number of hydrogen-bond donors (Lipinski definition) is 0. The monoisotopic (exact) mass is 383 g/mol. The molecule has 0 radical (unpaired) electrons. The summed E-state index contributed by atoms with van der Waals surface area (Å²) in [6.45, 7) is 1.10. The van der Waals surface area contributed by atoms with Gasteiger partial charge in [-0.15, -0.1) is 0 Å². The lowest BCUT2D eigenvalue weighted by atomic mass is 9.91. The van der Waals surface area contributed by atoms with Crippen LogP contribution in [0.1, 0.15) is 30.0 Å². The molecule has 0 N–H and O–H groups in total. The van der Waals surface area contributed by atoms with Crippen LogP contribution in [0.25, 0.3) is 11.0 Å². The second-order valence-electron chi connectivity index (χ2n) is 6.99. The molecule has 4 rings (SSSR count). The Hall–Kier alpha value is -3.41. The van der Waals surface area contributed by atoms with Gasteiger partial charge in [-0.05, 0) is 25.0 Å². The number of anilines is 1. The van der Waals surface area contributed by atoms with E-state index in [1.807, 2.05) is 11.0 Å². The van der Waals surface area contributed by atoms with Crippen molar-refractivity contribution in [2.75, 3.05) is 18.0 Å². The van der Waals surface area contributed by atoms with E-state index in [2.05, 4.69) is 5.16 Å². The van der Waals surface area contributed by atoms with Crippen molar-refractivity contribution >= 4 is 16.8 Å². The van der Waals surface area contributed by atoms with Gasteiger partial charge in [0.1, 0.15) is 17.7 Å². The molecule has 144 valence electrons. The van der Waals surface area contributed by atoms with Crippen molar-refractivity contribution in [1.82, 2.24) is 14.3 Å². The molecule has 1 aromatic carbocycles. The number of nitrogens with zero attached hydrogens (tertiary/aromatic N) is 5. The van der Waals surface area contributed by atoms with Crippen LogP contribution in [0.15, 0.2) is 32.3 Å². The highest BCUT2D eigenvalue weighted by Crippen LogP contribution is 2.34. The van der Waals surface area contributed by atoms with Crippen molar-refractivity contribution in [3.05, 3.63) is 56.1 Å². The summed E-state index contributed by atoms with van der Waals surface area (Å²) in [7, 11) is 2.92. The van der Waals surface area contributed by atoms with Gasteiger partial charge in [0.2, 0.25) is 0 Å². The number of rotatable bonds is 2. The van der Waals surface area contributed by atoms with Crippen LogP contribution in [0.2, 0.25) is 0 Å². The van der Waals surface area contributed by atoms with Gasteiger partial charge in [-0.3, -0.25) is 13.9 Å². The second kappa shape index (κ2) is 6.64. The Morgan fingerprint density at radius 2 is 1.93 bits per heavy atom. The van der Waals surface area contributed by atoms with Gasteiger partial charge in [0.15, 0.2) is 11.1 Å². The SMILES string of the molecule is Cn1c(N2CCC(c3noc4cc(F)ccc34)CC2)c(C#N)c(=O)n(C)c1=O. The maximum absolute atomic E-state index is 13.4. The third kappa shape index (κ3) is 2.69. The molecule has 1 fully saturated rings. The van der Waals surface area contributed by atoms with E-state index in [1.54, 1.807) is 13.1 Å². The predicted octanol–water partition coefficient (Wildman–Crippen LogP) is 1.62. The summed E-state index contributed by atoms with van der Waals surface area (Å²) >= 11 is 0. The Balaban J connectivity index is 1.64. The average molecular weight is 383 g/mol. The molecular weight excluding hydrogens is 365 g/mol. The molecule has 0 bridgehead atoms. The first-order valence-electron chi connectivity index (χ1n) is 8.92. The summed E-state index contributed by atoms with van der Waals surface area (Å²) in [6, 6.07) is 6.31. The first-order valence-corrected chi connectivity index (χ1v) is 8.92. The average Bonchev–Trinajstić information content (AvgIpc) is 3.12. The lowest BCUT2D eigenvalue weighted by Gasteiger charge is -2.34. The largest absolute Gasteiger partial charge is 0.357 e. The van der Waals surface area contributed by atoms with Crippen molar-refractivity contribution in [2.45, 2.75) is 18.8 Å². The minimum atomic E-state index is -0.591. The summed E-state index contributed by atoms with van der Waals surface area (Å²) in [5.41, 5.74) is 0.106. The van der Waals surface area contributed by atoms with E-state index in [0.717, 1.165) is 15.6 Å². The normalized spacial score (nSPS) is 15.1. The molecule has 3 aromatic rings. The van der Waals surface area contributed by atoms with E-state index in [0.29, 0.717) is 37.3 Å². The number of aromatic nitrogens is 3. The molecule has 3 heterocycles. The lowest BCUT2D eigenvalue weighted by Crippen LogP contribution is -2.44. The number of halogens is 1. The number of hydrogen-bond acceptors (Lipinski definition) is 6. The highest BCUT2D eigenvalue weighted by Gasteiger charge is 2.28. The zero-order chi connectivity index (χ0) is 20.0. The molecule has 1 saturated heterocycles. The molecule has 8 nitrogen and oxygen atoms in total. The minimum Gasteiger partial charge on any atom is -0.357 e. The molecule has 0 unspecified atom stereocenters. The van der Waals surface area contributed by atoms with E-state index in [1.165, 1.54) is 23.7 Å². The van der Waals surface area contributed by atoms with Gasteiger partial charge < -0.3 is 9.42 Å². The Morgan fingerprint density at radius 3 is 2.61 bits per heavy atom. The summed E-state index contributed by atoms with van der Waals surface area (Å²) in [5, 5.41) is 14.4. The topological polar surface area (TPSA) is 97.1 Å². The summed E-state index contributed by atoms with van der Waals surface area (Å²) in [4.78, 5) is 26.5. The van der Waals surface area contributed by atoms with Crippen LogP contribution in [0, 0.1) is 17.1 Å². The fourth-order valence-corrected chi connectivity index (χ4v) is 3.89. The lowest BCUT2D eigenvalue weighted by molar-refractivity contribution is 0.414. The Kier molecular flexibility index (Phi) is 4.26. The molecule has 1 aliphatic heterocycles. The van der Waals surface area contributed by atoms with E-state index >= 15 is 0 Å². The molecule has 0 spiro atoms. The van der Waals surface area contributed by atoms with Gasteiger partial charge >= 0.3 is 5.69 Å². The van der Waals surface area contributed by atoms with Crippen molar-refractivity contribution in [2.24, 2.45) is 14.1 Å². The molecule has 0 aliphatic carbocycles. The molecule has 2 aromatic heterocycles. The van der Waals surface area contributed by atoms with E-state index < -0.39 is 11.2 Å². The molecule has 0 atom stereocenters. The maximum Gasteiger partial charge on any atom is 0.332 e. The minimum absolute atomic E-state index is 0.0367. The highest BCUT2D eigenvalue weighted by atomic mass is 19.1. The number of piperidine rings is 1. The van der Waals surface area contributed by atoms with Crippen LogP contribution >= 0.6 is 0 Å². The van der Waals surface area contributed by atoms with Crippen molar-refractivity contribution in [1.29, 1.82) is 5.26 Å². The van der Waals surface area contributed by atoms with Gasteiger partial charge in [-0.25, -0.2) is 9.18 Å². The van der Waals surface area contributed by atoms with Crippen LogP contribution in [0.4, 0.5) is 10.2 Å². The standard InChI is InChI=1S/C19H18FN5O3/c1-23-17(14(10-21)18(26)24(2)19(23)27)25-7-5-11(6-8-25)16-13-4-3-12(20)9-15(13)28-22-16/h3-4,9,11H,5-8H2,1-2H3. The fraction of sp³-hybridized carbons (Fsp3) is 0.368. The molecule has 28 heavy (non-hydrogen) atoms. The Labute approximate surface area is 159 Å². The summed E-state index contributed by atoms with van der Waals surface area (Å²) in [5.74, 6) is 0.0822. The first kappa shape index (κ1) is 18.0. The third-order valence-electron chi connectivity index (χ3n) is 5.39. The number of fused-ring (bicyclic) bond motifs is 1. The second-order valence-corrected chi connectivity index (χ2v) is 6.99. The van der Waals surface area contributed by atoms with Crippen LogP contribution in [0.5, 0.6) is 0 Å². The third-order valence-corrected chi connectivity index (χ3v) is 5.39. The van der Waals surface area contributed by atoms with Crippen LogP contribution in [-0.4, -0.2) is 27.4 Å². The fourth-order valence-electron chi connectivity index (χ4n) is 3.89. The zero-order valence-electron chi connectivity index (χ0n) is 15.5. The maximum atomic E-state index is 13.4. The van der Waals surface area contributed by atoms with Gasteiger partial charge in [-0.1, -0.05) is 5.16 Å². The smallest absolute Gasteiger partial charge is 0.332 e. The summed E-state index contributed by atoms with van der Waals surface area (Å²) in [6.07, 6.45) is 1.40. The van der Waals surface area contributed by atoms with E-state index in [9.17, 15) is 19.2 Å². The molecule has 0 amide bonds.